The molecule has 1 aromatic heterocycles. The first-order valence-electron chi connectivity index (χ1n) is 8.04. The van der Waals surface area contributed by atoms with Crippen molar-refractivity contribution in [2.45, 2.75) is 45.1 Å². The first kappa shape index (κ1) is 14.9. The molecule has 1 N–H and O–H groups in total. The van der Waals surface area contributed by atoms with Gasteiger partial charge in [0.15, 0.2) is 11.6 Å². The number of benzene rings is 1. The number of ketones is 1. The zero-order valence-electron chi connectivity index (χ0n) is 13.0. The molecule has 116 valence electrons. The highest BCUT2D eigenvalue weighted by Crippen LogP contribution is 2.13. The number of carbonyl (C=O) groups excluding carboxylic acids is 1. The molecule has 1 saturated heterocycles. The van der Waals surface area contributed by atoms with Crippen molar-refractivity contribution >= 4 is 5.78 Å². The highest BCUT2D eigenvalue weighted by molar-refractivity contribution is 5.85. The van der Waals surface area contributed by atoms with Crippen LogP contribution < -0.4 is 5.32 Å². The van der Waals surface area contributed by atoms with Crippen LogP contribution in [0.4, 0.5) is 0 Å². The van der Waals surface area contributed by atoms with Crippen molar-refractivity contribution < 1.29 is 4.79 Å². The smallest absolute Gasteiger partial charge is 0.158 e. The summed E-state index contributed by atoms with van der Waals surface area (Å²) < 4.78 is 1.84. The van der Waals surface area contributed by atoms with E-state index < -0.39 is 0 Å². The number of rotatable bonds is 5. The molecule has 0 unspecified atom stereocenters. The van der Waals surface area contributed by atoms with Crippen LogP contribution in [0.3, 0.4) is 0 Å². The number of nitrogens with one attached hydrogen (secondary N) is 1. The first-order chi connectivity index (χ1) is 10.8. The molecule has 5 nitrogen and oxygen atoms in total. The Bertz CT molecular complexity index is 629. The minimum absolute atomic E-state index is 0.0255. The van der Waals surface area contributed by atoms with Crippen LogP contribution >= 0.6 is 0 Å². The number of piperidine rings is 1. The summed E-state index contributed by atoms with van der Waals surface area (Å²) in [6, 6.07) is 9.91. The average Bonchev–Trinajstić information content (AvgIpc) is 2.99. The molecular formula is C17H22N4O. The van der Waals surface area contributed by atoms with E-state index in [9.17, 15) is 4.79 Å². The van der Waals surface area contributed by atoms with Crippen LogP contribution in [0.25, 0.3) is 5.69 Å². The Labute approximate surface area is 130 Å². The molecule has 1 aliphatic heterocycles. The SMILES string of the molecule is CCc1nc(CC(=O)[C@@H]2CCCCN2)nn1-c1ccccc1. The summed E-state index contributed by atoms with van der Waals surface area (Å²) in [5, 5.41) is 7.84. The second-order valence-electron chi connectivity index (χ2n) is 5.69. The third-order valence-electron chi connectivity index (χ3n) is 4.07. The van der Waals surface area contributed by atoms with Gasteiger partial charge in [-0.2, -0.15) is 5.10 Å². The quantitative estimate of drug-likeness (QED) is 0.918. The van der Waals surface area contributed by atoms with E-state index in [1.807, 2.05) is 35.0 Å². The minimum atomic E-state index is -0.0255. The number of hydrogen-bond donors (Lipinski definition) is 1. The van der Waals surface area contributed by atoms with Gasteiger partial charge in [-0.1, -0.05) is 31.5 Å². The summed E-state index contributed by atoms with van der Waals surface area (Å²) >= 11 is 0. The van der Waals surface area contributed by atoms with Crippen molar-refractivity contribution in [3.63, 3.8) is 0 Å². The summed E-state index contributed by atoms with van der Waals surface area (Å²) in [7, 11) is 0. The summed E-state index contributed by atoms with van der Waals surface area (Å²) in [4.78, 5) is 16.9. The third kappa shape index (κ3) is 3.25. The maximum Gasteiger partial charge on any atom is 0.158 e. The van der Waals surface area contributed by atoms with E-state index in [1.54, 1.807) is 0 Å². The lowest BCUT2D eigenvalue weighted by Gasteiger charge is -2.21. The monoisotopic (exact) mass is 298 g/mol. The van der Waals surface area contributed by atoms with Crippen LogP contribution in [0.2, 0.25) is 0 Å². The van der Waals surface area contributed by atoms with Crippen LogP contribution in [0.5, 0.6) is 0 Å². The predicted molar refractivity (Wildman–Crippen MR) is 85.1 cm³/mol. The molecule has 0 saturated carbocycles. The van der Waals surface area contributed by atoms with Gasteiger partial charge in [-0.25, -0.2) is 9.67 Å². The lowest BCUT2D eigenvalue weighted by atomic mass is 9.99. The molecule has 0 bridgehead atoms. The number of aryl methyl sites for hydroxylation is 1. The van der Waals surface area contributed by atoms with Gasteiger partial charge < -0.3 is 5.32 Å². The first-order valence-corrected chi connectivity index (χ1v) is 8.04. The summed E-state index contributed by atoms with van der Waals surface area (Å²) in [6.07, 6.45) is 4.31. The Morgan fingerprint density at radius 2 is 2.14 bits per heavy atom. The van der Waals surface area contributed by atoms with Gasteiger partial charge in [0.1, 0.15) is 5.82 Å². The van der Waals surface area contributed by atoms with Crippen molar-refractivity contribution in [3.8, 4) is 5.69 Å². The lowest BCUT2D eigenvalue weighted by molar-refractivity contribution is -0.121. The van der Waals surface area contributed by atoms with Gasteiger partial charge in [-0.3, -0.25) is 4.79 Å². The van der Waals surface area contributed by atoms with E-state index in [0.717, 1.165) is 43.7 Å². The summed E-state index contributed by atoms with van der Waals surface area (Å²) in [6.45, 7) is 2.99. The number of aromatic nitrogens is 3. The van der Waals surface area contributed by atoms with Crippen LogP contribution in [0.15, 0.2) is 30.3 Å². The van der Waals surface area contributed by atoms with Crippen molar-refractivity contribution in [1.82, 2.24) is 20.1 Å². The van der Waals surface area contributed by atoms with E-state index in [0.29, 0.717) is 12.2 Å². The number of para-hydroxylation sites is 1. The largest absolute Gasteiger partial charge is 0.307 e. The minimum Gasteiger partial charge on any atom is -0.307 e. The molecule has 0 aliphatic carbocycles. The van der Waals surface area contributed by atoms with Crippen LogP contribution in [-0.4, -0.2) is 33.1 Å². The fourth-order valence-corrected chi connectivity index (χ4v) is 2.88. The standard InChI is InChI=1S/C17H22N4O/c1-2-17-19-16(12-15(22)14-10-6-7-11-18-14)20-21(17)13-8-4-3-5-9-13/h3-5,8-9,14,18H,2,6-7,10-12H2,1H3/t14-/m0/s1. The van der Waals surface area contributed by atoms with Crippen molar-refractivity contribution in [2.24, 2.45) is 0 Å². The molecule has 1 aliphatic rings. The van der Waals surface area contributed by atoms with Gasteiger partial charge in [-0.15, -0.1) is 0 Å². The summed E-state index contributed by atoms with van der Waals surface area (Å²) in [5.41, 5.74) is 0.987. The molecular weight excluding hydrogens is 276 g/mol. The predicted octanol–water partition coefficient (Wildman–Crippen LogP) is 2.08. The van der Waals surface area contributed by atoms with E-state index in [4.69, 9.17) is 0 Å². The molecule has 3 rings (SSSR count). The molecule has 22 heavy (non-hydrogen) atoms. The van der Waals surface area contributed by atoms with E-state index in [1.165, 1.54) is 0 Å². The topological polar surface area (TPSA) is 59.8 Å². The van der Waals surface area contributed by atoms with Gasteiger partial charge in [0.25, 0.3) is 0 Å². The second-order valence-corrected chi connectivity index (χ2v) is 5.69. The van der Waals surface area contributed by atoms with Crippen LogP contribution in [0.1, 0.15) is 37.8 Å². The van der Waals surface area contributed by atoms with Gasteiger partial charge in [0, 0.05) is 6.42 Å². The van der Waals surface area contributed by atoms with Crippen molar-refractivity contribution in [2.75, 3.05) is 6.54 Å². The van der Waals surface area contributed by atoms with E-state index in [2.05, 4.69) is 22.3 Å². The number of hydrogen-bond acceptors (Lipinski definition) is 4. The molecule has 1 fully saturated rings. The molecule has 0 spiro atoms. The third-order valence-corrected chi connectivity index (χ3v) is 4.07. The van der Waals surface area contributed by atoms with E-state index >= 15 is 0 Å². The maximum atomic E-state index is 12.4. The molecule has 1 aromatic carbocycles. The van der Waals surface area contributed by atoms with Crippen LogP contribution in [-0.2, 0) is 17.6 Å². The van der Waals surface area contributed by atoms with Gasteiger partial charge in [0.05, 0.1) is 18.2 Å². The zero-order chi connectivity index (χ0) is 15.4. The van der Waals surface area contributed by atoms with Crippen LogP contribution in [0, 0.1) is 0 Å². The average molecular weight is 298 g/mol. The van der Waals surface area contributed by atoms with Crippen molar-refractivity contribution in [3.05, 3.63) is 42.0 Å². The highest BCUT2D eigenvalue weighted by atomic mass is 16.1. The molecule has 0 amide bonds. The van der Waals surface area contributed by atoms with Crippen molar-refractivity contribution in [1.29, 1.82) is 0 Å². The molecule has 5 heteroatoms. The second kappa shape index (κ2) is 6.83. The normalized spacial score (nSPS) is 18.3. The maximum absolute atomic E-state index is 12.4. The fraction of sp³-hybridized carbons (Fsp3) is 0.471. The molecule has 0 radical (unpaired) electrons. The van der Waals surface area contributed by atoms with Gasteiger partial charge in [-0.05, 0) is 31.5 Å². The van der Waals surface area contributed by atoms with Gasteiger partial charge in [0.2, 0.25) is 0 Å². The number of nitrogens with zero attached hydrogens (tertiary/aromatic N) is 3. The Morgan fingerprint density at radius 1 is 1.32 bits per heavy atom. The molecule has 1 atom stereocenters. The summed E-state index contributed by atoms with van der Waals surface area (Å²) in [5.74, 6) is 1.72. The molecule has 2 aromatic rings. The lowest BCUT2D eigenvalue weighted by Crippen LogP contribution is -2.41. The Kier molecular flexibility index (Phi) is 4.63. The Balaban J connectivity index is 1.77. The Morgan fingerprint density at radius 3 is 2.82 bits per heavy atom. The van der Waals surface area contributed by atoms with E-state index in [-0.39, 0.29) is 11.8 Å². The number of Topliss-reactive ketones (excluding diaryl/α,β-unsaturated/α-hetero) is 1. The highest BCUT2D eigenvalue weighted by Gasteiger charge is 2.22. The Hall–Kier alpha value is -2.01. The zero-order valence-corrected chi connectivity index (χ0v) is 13.0. The fourth-order valence-electron chi connectivity index (χ4n) is 2.88. The molecule has 2 heterocycles. The number of carbonyl (C=O) groups is 1. The van der Waals surface area contributed by atoms with Gasteiger partial charge >= 0.3 is 0 Å².